The van der Waals surface area contributed by atoms with Crippen molar-refractivity contribution in [3.63, 3.8) is 0 Å². The molecule has 2 rings (SSSR count). The fourth-order valence-corrected chi connectivity index (χ4v) is 3.85. The highest BCUT2D eigenvalue weighted by Gasteiger charge is 2.18. The first kappa shape index (κ1) is 21.9. The number of aromatic nitrogens is 1. The van der Waals surface area contributed by atoms with Crippen LogP contribution in [0.4, 0.5) is 0 Å². The molecule has 1 aromatic heterocycles. The van der Waals surface area contributed by atoms with E-state index in [1.54, 1.807) is 7.11 Å². The SMILES string of the molecule is CC/C(=C/c1sc2ccc(OC)cc2[n+]1CC)SC.COS(=O)(=O)[O-]. The maximum Gasteiger partial charge on any atom is 0.263 e. The van der Waals surface area contributed by atoms with Crippen LogP contribution in [0, 0.1) is 0 Å². The Balaban J connectivity index is 0.000000450. The maximum atomic E-state index is 9.22. The third-order valence-electron chi connectivity index (χ3n) is 3.35. The van der Waals surface area contributed by atoms with Crippen LogP contribution in [-0.4, -0.2) is 33.4 Å². The number of ether oxygens (including phenoxy) is 1. The van der Waals surface area contributed by atoms with E-state index >= 15 is 0 Å². The smallest absolute Gasteiger partial charge is 0.263 e. The summed E-state index contributed by atoms with van der Waals surface area (Å²) in [4.78, 5) is 1.42. The van der Waals surface area contributed by atoms with E-state index in [-0.39, 0.29) is 0 Å². The van der Waals surface area contributed by atoms with Gasteiger partial charge in [0.1, 0.15) is 17.0 Å². The molecule has 0 aliphatic rings. The number of thiazole rings is 1. The molecule has 0 spiro atoms. The quantitative estimate of drug-likeness (QED) is 0.416. The standard InChI is InChI=1S/C15H20NOS2.CH4O4S/c1-5-12(18-4)10-15-16(6-2)13-9-11(17-3)7-8-14(13)19-15;1-5-6(2,3)4/h7-10H,5-6H2,1-4H3;1H3,(H,2,3,4)/q+1;/p-1/b12-10-;. The van der Waals surface area contributed by atoms with Gasteiger partial charge in [0.2, 0.25) is 15.9 Å². The Morgan fingerprint density at radius 2 is 2.00 bits per heavy atom. The highest BCUT2D eigenvalue weighted by molar-refractivity contribution is 8.02. The summed E-state index contributed by atoms with van der Waals surface area (Å²) in [7, 11) is -1.89. The van der Waals surface area contributed by atoms with Crippen LogP contribution in [0.3, 0.4) is 0 Å². The number of nitrogens with zero attached hydrogens (tertiary/aromatic N) is 1. The molecule has 0 fully saturated rings. The van der Waals surface area contributed by atoms with Crippen LogP contribution in [0.15, 0.2) is 23.1 Å². The second-order valence-corrected chi connectivity index (χ2v) is 7.91. The molecular formula is C16H23NO5S3. The van der Waals surface area contributed by atoms with E-state index < -0.39 is 10.4 Å². The van der Waals surface area contributed by atoms with E-state index in [9.17, 15) is 13.0 Å². The molecule has 1 aromatic carbocycles. The number of benzene rings is 1. The van der Waals surface area contributed by atoms with Crippen molar-refractivity contribution in [2.75, 3.05) is 20.5 Å². The number of aryl methyl sites for hydroxylation is 1. The topological polar surface area (TPSA) is 79.5 Å². The molecule has 9 heteroatoms. The number of thioether (sulfide) groups is 1. The predicted molar refractivity (Wildman–Crippen MR) is 103 cm³/mol. The minimum absolute atomic E-state index is 0.808. The average Bonchev–Trinajstić information content (AvgIpc) is 2.95. The summed E-state index contributed by atoms with van der Waals surface area (Å²) >= 11 is 3.68. The molecule has 0 aliphatic heterocycles. The van der Waals surface area contributed by atoms with E-state index in [0.29, 0.717) is 0 Å². The lowest BCUT2D eigenvalue weighted by Crippen LogP contribution is -2.33. The van der Waals surface area contributed by atoms with Crippen molar-refractivity contribution in [3.8, 4) is 5.75 Å². The van der Waals surface area contributed by atoms with Gasteiger partial charge in [0, 0.05) is 6.08 Å². The number of allylic oxidation sites excluding steroid dienone is 1. The molecule has 6 nitrogen and oxygen atoms in total. The third kappa shape index (κ3) is 6.59. The van der Waals surface area contributed by atoms with Gasteiger partial charge in [-0.15, -0.1) is 11.8 Å². The zero-order valence-corrected chi connectivity index (χ0v) is 17.4. The first-order valence-electron chi connectivity index (χ1n) is 7.55. The molecular weight excluding hydrogens is 382 g/mol. The monoisotopic (exact) mass is 405 g/mol. The van der Waals surface area contributed by atoms with Gasteiger partial charge in [-0.3, -0.25) is 4.18 Å². The second-order valence-electron chi connectivity index (χ2n) is 4.76. The van der Waals surface area contributed by atoms with E-state index in [1.165, 1.54) is 20.1 Å². The van der Waals surface area contributed by atoms with Crippen molar-refractivity contribution in [2.45, 2.75) is 26.8 Å². The van der Waals surface area contributed by atoms with Gasteiger partial charge in [-0.2, -0.15) is 4.57 Å². The van der Waals surface area contributed by atoms with E-state index in [2.05, 4.69) is 47.1 Å². The summed E-state index contributed by atoms with van der Waals surface area (Å²) < 4.78 is 40.0. The number of fused-ring (bicyclic) bond motifs is 1. The van der Waals surface area contributed by atoms with Crippen LogP contribution < -0.4 is 9.30 Å². The fourth-order valence-electron chi connectivity index (χ4n) is 2.08. The van der Waals surface area contributed by atoms with Crippen molar-refractivity contribution in [2.24, 2.45) is 0 Å². The second kappa shape index (κ2) is 10.1. The van der Waals surface area contributed by atoms with Gasteiger partial charge >= 0.3 is 0 Å². The Hall–Kier alpha value is -1.13. The van der Waals surface area contributed by atoms with Gasteiger partial charge < -0.3 is 9.29 Å². The Morgan fingerprint density at radius 3 is 2.44 bits per heavy atom. The third-order valence-corrected chi connectivity index (χ3v) is 5.80. The average molecular weight is 406 g/mol. The molecule has 0 bridgehead atoms. The lowest BCUT2D eigenvalue weighted by atomic mass is 10.3. The molecule has 0 saturated carbocycles. The predicted octanol–water partition coefficient (Wildman–Crippen LogP) is 3.42. The Labute approximate surface area is 157 Å². The van der Waals surface area contributed by atoms with Crippen molar-refractivity contribution in [1.29, 1.82) is 0 Å². The molecule has 140 valence electrons. The van der Waals surface area contributed by atoms with Crippen molar-refractivity contribution >= 4 is 49.8 Å². The molecule has 1 heterocycles. The van der Waals surface area contributed by atoms with Crippen molar-refractivity contribution in [3.05, 3.63) is 28.1 Å². The Kier molecular flexibility index (Phi) is 8.87. The molecule has 2 aromatic rings. The van der Waals surface area contributed by atoms with Gasteiger partial charge in [0.25, 0.3) is 5.01 Å². The van der Waals surface area contributed by atoms with Gasteiger partial charge in [0.05, 0.1) is 20.3 Å². The largest absolute Gasteiger partial charge is 0.726 e. The van der Waals surface area contributed by atoms with Crippen LogP contribution in [0.25, 0.3) is 16.3 Å². The maximum absolute atomic E-state index is 9.22. The van der Waals surface area contributed by atoms with Gasteiger partial charge in [-0.05, 0) is 36.6 Å². The summed E-state index contributed by atoms with van der Waals surface area (Å²) in [6.07, 6.45) is 5.54. The summed E-state index contributed by atoms with van der Waals surface area (Å²) in [5.74, 6) is 0.920. The molecule has 0 unspecified atom stereocenters. The number of hydrogen-bond donors (Lipinski definition) is 0. The van der Waals surface area contributed by atoms with Crippen molar-refractivity contribution in [1.82, 2.24) is 0 Å². The lowest BCUT2D eigenvalue weighted by Gasteiger charge is -1.98. The highest BCUT2D eigenvalue weighted by atomic mass is 32.3. The number of rotatable bonds is 6. The van der Waals surface area contributed by atoms with Crippen LogP contribution >= 0.6 is 23.1 Å². The van der Waals surface area contributed by atoms with Crippen molar-refractivity contribution < 1.29 is 26.5 Å². The van der Waals surface area contributed by atoms with Crippen LogP contribution in [0.1, 0.15) is 25.3 Å². The number of methoxy groups -OCH3 is 1. The number of hydrogen-bond acceptors (Lipinski definition) is 7. The van der Waals surface area contributed by atoms with Gasteiger partial charge in [-0.1, -0.05) is 18.3 Å². The van der Waals surface area contributed by atoms with Crippen LogP contribution in [-0.2, 0) is 21.1 Å². The Morgan fingerprint density at radius 1 is 1.36 bits per heavy atom. The molecule has 0 atom stereocenters. The summed E-state index contributed by atoms with van der Waals surface area (Å²) in [5, 5.41) is 1.32. The molecule has 0 saturated heterocycles. The zero-order valence-electron chi connectivity index (χ0n) is 14.9. The normalized spacial score (nSPS) is 12.0. The Bertz CT molecular complexity index is 822. The summed E-state index contributed by atoms with van der Waals surface area (Å²) in [5.41, 5.74) is 1.26. The first-order valence-corrected chi connectivity index (χ1v) is 10.9. The van der Waals surface area contributed by atoms with E-state index in [0.717, 1.165) is 25.8 Å². The minimum Gasteiger partial charge on any atom is -0.726 e. The molecule has 0 amide bonds. The lowest BCUT2D eigenvalue weighted by molar-refractivity contribution is -0.665. The minimum atomic E-state index is -4.41. The van der Waals surface area contributed by atoms with E-state index in [1.807, 2.05) is 29.2 Å². The van der Waals surface area contributed by atoms with Gasteiger partial charge in [-0.25, -0.2) is 8.42 Å². The fraction of sp³-hybridized carbons (Fsp3) is 0.438. The molecule has 25 heavy (non-hydrogen) atoms. The van der Waals surface area contributed by atoms with Gasteiger partial charge in [0.15, 0.2) is 0 Å². The summed E-state index contributed by atoms with van der Waals surface area (Å²) in [6, 6.07) is 6.30. The van der Waals surface area contributed by atoms with E-state index in [4.69, 9.17) is 4.74 Å². The molecule has 0 N–H and O–H groups in total. The molecule has 0 radical (unpaired) electrons. The van der Waals surface area contributed by atoms with Crippen LogP contribution in [0.2, 0.25) is 0 Å². The highest BCUT2D eigenvalue weighted by Crippen LogP contribution is 2.28. The first-order chi connectivity index (χ1) is 11.8. The molecule has 0 aliphatic carbocycles. The zero-order chi connectivity index (χ0) is 19.0. The van der Waals surface area contributed by atoms with Crippen LogP contribution in [0.5, 0.6) is 5.75 Å². The summed E-state index contributed by atoms with van der Waals surface area (Å²) in [6.45, 7) is 5.37.